The van der Waals surface area contributed by atoms with E-state index in [1.807, 2.05) is 32.0 Å². The van der Waals surface area contributed by atoms with E-state index in [2.05, 4.69) is 10.5 Å². The summed E-state index contributed by atoms with van der Waals surface area (Å²) < 4.78 is 5.00. The van der Waals surface area contributed by atoms with E-state index >= 15 is 0 Å². The highest BCUT2D eigenvalue weighted by Crippen LogP contribution is 2.27. The number of nitrogens with one attached hydrogen (secondary N) is 1. The third-order valence-electron chi connectivity index (χ3n) is 4.12. The topological polar surface area (TPSA) is 75.4 Å². The summed E-state index contributed by atoms with van der Waals surface area (Å²) in [4.78, 5) is 26.2. The van der Waals surface area contributed by atoms with Crippen LogP contribution >= 0.6 is 0 Å². The van der Waals surface area contributed by atoms with Crippen molar-refractivity contribution >= 4 is 23.3 Å². The predicted octanol–water partition coefficient (Wildman–Crippen LogP) is 2.59. The molecule has 2 aromatic rings. The first-order valence-electron chi connectivity index (χ1n) is 7.56. The highest BCUT2D eigenvalue weighted by Gasteiger charge is 2.36. The molecule has 0 spiro atoms. The molecule has 6 heteroatoms. The Bertz CT molecular complexity index is 746. The van der Waals surface area contributed by atoms with Gasteiger partial charge in [0.25, 0.3) is 0 Å². The molecule has 0 aliphatic carbocycles. The van der Waals surface area contributed by atoms with Crippen LogP contribution in [0.2, 0.25) is 0 Å². The second-order valence-corrected chi connectivity index (χ2v) is 5.96. The minimum atomic E-state index is -0.390. The lowest BCUT2D eigenvalue weighted by Crippen LogP contribution is -2.28. The molecular weight excluding hydrogens is 294 g/mol. The molecule has 0 saturated carbocycles. The van der Waals surface area contributed by atoms with Gasteiger partial charge in [-0.1, -0.05) is 23.4 Å². The summed E-state index contributed by atoms with van der Waals surface area (Å²) in [7, 11) is 0. The highest BCUT2D eigenvalue weighted by molar-refractivity contribution is 6.03. The van der Waals surface area contributed by atoms with Crippen LogP contribution in [0.5, 0.6) is 0 Å². The number of anilines is 2. The Balaban J connectivity index is 1.73. The number of amides is 2. The molecule has 1 aliphatic heterocycles. The Hall–Kier alpha value is -2.63. The summed E-state index contributed by atoms with van der Waals surface area (Å²) in [5.41, 5.74) is 2.83. The quantitative estimate of drug-likeness (QED) is 0.945. The van der Waals surface area contributed by atoms with E-state index in [9.17, 15) is 9.59 Å². The van der Waals surface area contributed by atoms with Crippen LogP contribution in [0.4, 0.5) is 11.5 Å². The predicted molar refractivity (Wildman–Crippen MR) is 86.2 cm³/mol. The minimum Gasteiger partial charge on any atom is -0.360 e. The monoisotopic (exact) mass is 313 g/mol. The van der Waals surface area contributed by atoms with Gasteiger partial charge in [0.1, 0.15) is 5.76 Å². The molecule has 23 heavy (non-hydrogen) atoms. The number of hydrogen-bond acceptors (Lipinski definition) is 4. The summed E-state index contributed by atoms with van der Waals surface area (Å²) in [6.45, 7) is 5.99. The molecule has 1 fully saturated rings. The molecule has 2 amide bonds. The molecule has 3 rings (SSSR count). The van der Waals surface area contributed by atoms with Gasteiger partial charge < -0.3 is 9.84 Å². The van der Waals surface area contributed by atoms with Crippen molar-refractivity contribution in [2.45, 2.75) is 27.2 Å². The third kappa shape index (κ3) is 2.97. The Labute approximate surface area is 134 Å². The number of para-hydroxylation sites is 1. The van der Waals surface area contributed by atoms with Gasteiger partial charge in [-0.3, -0.25) is 14.5 Å². The summed E-state index contributed by atoms with van der Waals surface area (Å²) in [5.74, 6) is 0.461. The number of carbonyl (C=O) groups is 2. The molecule has 1 N–H and O–H groups in total. The largest absolute Gasteiger partial charge is 0.360 e. The molecule has 1 aromatic heterocycles. The van der Waals surface area contributed by atoms with E-state index < -0.39 is 5.92 Å². The Morgan fingerprint density at radius 1 is 1.30 bits per heavy atom. The molecule has 1 unspecified atom stereocenters. The van der Waals surface area contributed by atoms with Gasteiger partial charge in [-0.05, 0) is 31.9 Å². The van der Waals surface area contributed by atoms with Gasteiger partial charge in [0, 0.05) is 24.7 Å². The van der Waals surface area contributed by atoms with Crippen LogP contribution in [-0.2, 0) is 9.59 Å². The van der Waals surface area contributed by atoms with Gasteiger partial charge in [0.05, 0.1) is 5.92 Å². The summed E-state index contributed by atoms with van der Waals surface area (Å²) in [6, 6.07) is 7.55. The van der Waals surface area contributed by atoms with E-state index in [0.717, 1.165) is 16.8 Å². The van der Waals surface area contributed by atoms with E-state index in [4.69, 9.17) is 4.52 Å². The summed E-state index contributed by atoms with van der Waals surface area (Å²) in [6.07, 6.45) is 0.183. The van der Waals surface area contributed by atoms with Crippen molar-refractivity contribution in [1.82, 2.24) is 5.16 Å². The van der Waals surface area contributed by atoms with Gasteiger partial charge in [-0.2, -0.15) is 0 Å². The number of carbonyl (C=O) groups excluding carboxylic acids is 2. The molecule has 0 bridgehead atoms. The van der Waals surface area contributed by atoms with Crippen LogP contribution in [-0.4, -0.2) is 23.5 Å². The number of hydrogen-bond donors (Lipinski definition) is 1. The van der Waals surface area contributed by atoms with E-state index in [-0.39, 0.29) is 18.2 Å². The molecule has 0 radical (unpaired) electrons. The zero-order valence-electron chi connectivity index (χ0n) is 13.4. The zero-order valence-corrected chi connectivity index (χ0v) is 13.4. The molecule has 1 aliphatic rings. The lowest BCUT2D eigenvalue weighted by molar-refractivity contribution is -0.122. The minimum absolute atomic E-state index is 0.111. The average molecular weight is 313 g/mol. The number of benzene rings is 1. The smallest absolute Gasteiger partial charge is 0.229 e. The second-order valence-electron chi connectivity index (χ2n) is 5.96. The van der Waals surface area contributed by atoms with Crippen molar-refractivity contribution in [2.75, 3.05) is 16.8 Å². The van der Waals surface area contributed by atoms with Crippen molar-refractivity contribution in [1.29, 1.82) is 0 Å². The normalized spacial score (nSPS) is 17.6. The van der Waals surface area contributed by atoms with Crippen molar-refractivity contribution < 1.29 is 14.1 Å². The fourth-order valence-electron chi connectivity index (χ4n) is 2.82. The maximum absolute atomic E-state index is 12.5. The number of aromatic nitrogens is 1. The third-order valence-corrected chi connectivity index (χ3v) is 4.12. The van der Waals surface area contributed by atoms with Crippen molar-refractivity contribution in [3.63, 3.8) is 0 Å². The first-order chi connectivity index (χ1) is 11.0. The molecule has 1 atom stereocenters. The maximum Gasteiger partial charge on any atom is 0.229 e. The van der Waals surface area contributed by atoms with Gasteiger partial charge in [0.2, 0.25) is 11.8 Å². The van der Waals surface area contributed by atoms with Crippen molar-refractivity contribution in [3.05, 3.63) is 41.2 Å². The van der Waals surface area contributed by atoms with Crippen molar-refractivity contribution in [2.24, 2.45) is 5.92 Å². The van der Waals surface area contributed by atoms with E-state index in [1.54, 1.807) is 13.0 Å². The standard InChI is InChI=1S/C17H19N3O3/c1-10-5-4-6-11(2)16(10)18-17(22)13-8-15(21)20(9-13)14-7-12(3)23-19-14/h4-7,13H,8-9H2,1-3H3,(H,18,22). The zero-order chi connectivity index (χ0) is 16.6. The molecule has 120 valence electrons. The van der Waals surface area contributed by atoms with Crippen LogP contribution in [0.25, 0.3) is 0 Å². The van der Waals surface area contributed by atoms with Gasteiger partial charge in [-0.15, -0.1) is 0 Å². The van der Waals surface area contributed by atoms with Crippen LogP contribution in [0, 0.1) is 26.7 Å². The Kier molecular flexibility index (Phi) is 3.90. The van der Waals surface area contributed by atoms with E-state index in [0.29, 0.717) is 18.1 Å². The highest BCUT2D eigenvalue weighted by atomic mass is 16.5. The molecule has 2 heterocycles. The number of aryl methyl sites for hydroxylation is 3. The fraction of sp³-hybridized carbons (Fsp3) is 0.353. The number of rotatable bonds is 3. The SMILES string of the molecule is Cc1cc(N2CC(C(=O)Nc3c(C)cccc3C)CC2=O)no1. The van der Waals surface area contributed by atoms with Gasteiger partial charge >= 0.3 is 0 Å². The Morgan fingerprint density at radius 2 is 2.00 bits per heavy atom. The summed E-state index contributed by atoms with van der Waals surface area (Å²) in [5, 5.41) is 6.81. The lowest BCUT2D eigenvalue weighted by atomic mass is 10.1. The molecular formula is C17H19N3O3. The average Bonchev–Trinajstić information content (AvgIpc) is 3.09. The van der Waals surface area contributed by atoms with Crippen molar-refractivity contribution in [3.8, 4) is 0 Å². The van der Waals surface area contributed by atoms with Crippen LogP contribution in [0.3, 0.4) is 0 Å². The lowest BCUT2D eigenvalue weighted by Gasteiger charge is -2.15. The maximum atomic E-state index is 12.5. The second kappa shape index (κ2) is 5.87. The first-order valence-corrected chi connectivity index (χ1v) is 7.56. The molecule has 6 nitrogen and oxygen atoms in total. The number of nitrogens with zero attached hydrogens (tertiary/aromatic N) is 2. The first kappa shape index (κ1) is 15.3. The van der Waals surface area contributed by atoms with Gasteiger partial charge in [0.15, 0.2) is 5.82 Å². The molecule has 1 aromatic carbocycles. The van der Waals surface area contributed by atoms with Crippen LogP contribution in [0.15, 0.2) is 28.8 Å². The van der Waals surface area contributed by atoms with Crippen LogP contribution < -0.4 is 10.2 Å². The fourth-order valence-corrected chi connectivity index (χ4v) is 2.82. The van der Waals surface area contributed by atoms with Crippen LogP contribution in [0.1, 0.15) is 23.3 Å². The van der Waals surface area contributed by atoms with Gasteiger partial charge in [-0.25, -0.2) is 0 Å². The molecule has 1 saturated heterocycles. The Morgan fingerprint density at radius 3 is 2.61 bits per heavy atom. The summed E-state index contributed by atoms with van der Waals surface area (Å²) >= 11 is 0. The van der Waals surface area contributed by atoms with E-state index in [1.165, 1.54) is 4.90 Å².